The lowest BCUT2D eigenvalue weighted by atomic mass is 9.99. The van der Waals surface area contributed by atoms with Gasteiger partial charge in [-0.15, -0.1) is 6.58 Å². The molecule has 9 heavy (non-hydrogen) atoms. The maximum atomic E-state index is 9.21. The molecule has 2 atom stereocenters. The molecule has 0 rings (SSSR count). The minimum absolute atomic E-state index is 0.150. The zero-order valence-corrected chi connectivity index (χ0v) is 6.30. The standard InChI is InChI=1S/C8H16O/c1-4-6-7(3)8(9)5-2/h4,7-9H,1,5-6H2,2-3H3. The van der Waals surface area contributed by atoms with Gasteiger partial charge in [0.2, 0.25) is 0 Å². The van der Waals surface area contributed by atoms with Crippen molar-refractivity contribution < 1.29 is 5.11 Å². The van der Waals surface area contributed by atoms with E-state index >= 15 is 0 Å². The van der Waals surface area contributed by atoms with Crippen LogP contribution in [0.1, 0.15) is 26.7 Å². The van der Waals surface area contributed by atoms with Gasteiger partial charge in [-0.05, 0) is 18.8 Å². The molecule has 0 aromatic heterocycles. The predicted molar refractivity (Wildman–Crippen MR) is 40.3 cm³/mol. The summed E-state index contributed by atoms with van der Waals surface area (Å²) < 4.78 is 0. The van der Waals surface area contributed by atoms with Crippen LogP contribution in [0.3, 0.4) is 0 Å². The summed E-state index contributed by atoms with van der Waals surface area (Å²) in [6.45, 7) is 7.63. The molecule has 1 nitrogen and oxygen atoms in total. The first kappa shape index (κ1) is 8.70. The predicted octanol–water partition coefficient (Wildman–Crippen LogP) is 1.97. The van der Waals surface area contributed by atoms with Crippen LogP contribution in [0.25, 0.3) is 0 Å². The normalized spacial score (nSPS) is 16.8. The van der Waals surface area contributed by atoms with Gasteiger partial charge in [0.25, 0.3) is 0 Å². The second-order valence-corrected chi connectivity index (χ2v) is 2.48. The van der Waals surface area contributed by atoms with Gasteiger partial charge in [-0.3, -0.25) is 0 Å². The van der Waals surface area contributed by atoms with Crippen LogP contribution < -0.4 is 0 Å². The van der Waals surface area contributed by atoms with Gasteiger partial charge in [-0.25, -0.2) is 0 Å². The van der Waals surface area contributed by atoms with Crippen LogP contribution in [0.2, 0.25) is 0 Å². The Morgan fingerprint density at radius 3 is 2.56 bits per heavy atom. The first-order valence-electron chi connectivity index (χ1n) is 3.51. The second kappa shape index (κ2) is 4.57. The van der Waals surface area contributed by atoms with Crippen LogP contribution >= 0.6 is 0 Å². The second-order valence-electron chi connectivity index (χ2n) is 2.48. The van der Waals surface area contributed by atoms with Crippen molar-refractivity contribution in [3.8, 4) is 0 Å². The Bertz CT molecular complexity index is 78.6. The summed E-state index contributed by atoms with van der Waals surface area (Å²) >= 11 is 0. The quantitative estimate of drug-likeness (QED) is 0.574. The molecule has 0 saturated carbocycles. The monoisotopic (exact) mass is 128 g/mol. The fourth-order valence-corrected chi connectivity index (χ4v) is 0.822. The maximum Gasteiger partial charge on any atom is 0.0566 e. The molecular weight excluding hydrogens is 112 g/mol. The Balaban J connectivity index is 3.44. The number of hydrogen-bond donors (Lipinski definition) is 1. The third-order valence-corrected chi connectivity index (χ3v) is 1.61. The molecular formula is C8H16O. The van der Waals surface area contributed by atoms with Gasteiger partial charge < -0.3 is 5.11 Å². The Kier molecular flexibility index (Phi) is 4.41. The summed E-state index contributed by atoms with van der Waals surface area (Å²) in [6, 6.07) is 0. The molecule has 1 heteroatoms. The lowest BCUT2D eigenvalue weighted by Gasteiger charge is -2.14. The van der Waals surface area contributed by atoms with E-state index in [0.29, 0.717) is 5.92 Å². The molecule has 0 aromatic carbocycles. The number of aliphatic hydroxyl groups excluding tert-OH is 1. The number of rotatable bonds is 4. The molecule has 0 amide bonds. The van der Waals surface area contributed by atoms with E-state index in [1.165, 1.54) is 0 Å². The molecule has 0 aliphatic carbocycles. The minimum atomic E-state index is -0.150. The third-order valence-electron chi connectivity index (χ3n) is 1.61. The van der Waals surface area contributed by atoms with Gasteiger partial charge in [0, 0.05) is 0 Å². The van der Waals surface area contributed by atoms with E-state index in [9.17, 15) is 5.11 Å². The first-order valence-corrected chi connectivity index (χ1v) is 3.51. The SMILES string of the molecule is C=CCC(C)C(O)CC. The topological polar surface area (TPSA) is 20.2 Å². The highest BCUT2D eigenvalue weighted by molar-refractivity contribution is 4.74. The number of aliphatic hydroxyl groups is 1. The van der Waals surface area contributed by atoms with Crippen molar-refractivity contribution in [3.63, 3.8) is 0 Å². The van der Waals surface area contributed by atoms with Crippen LogP contribution in [0.15, 0.2) is 12.7 Å². The van der Waals surface area contributed by atoms with Gasteiger partial charge in [0.05, 0.1) is 6.10 Å². The summed E-state index contributed by atoms with van der Waals surface area (Å²) in [4.78, 5) is 0. The highest BCUT2D eigenvalue weighted by Crippen LogP contribution is 2.10. The summed E-state index contributed by atoms with van der Waals surface area (Å²) in [6.07, 6.45) is 3.45. The Morgan fingerprint density at radius 1 is 1.67 bits per heavy atom. The van der Waals surface area contributed by atoms with Crippen molar-refractivity contribution in [2.24, 2.45) is 5.92 Å². The average Bonchev–Trinajstić information content (AvgIpc) is 1.87. The Labute approximate surface area is 57.4 Å². The number of allylic oxidation sites excluding steroid dienone is 1. The molecule has 54 valence electrons. The van der Waals surface area contributed by atoms with E-state index in [0.717, 1.165) is 12.8 Å². The van der Waals surface area contributed by atoms with Crippen LogP contribution in [-0.2, 0) is 0 Å². The van der Waals surface area contributed by atoms with Crippen molar-refractivity contribution in [2.45, 2.75) is 32.8 Å². The van der Waals surface area contributed by atoms with Crippen LogP contribution in [-0.4, -0.2) is 11.2 Å². The van der Waals surface area contributed by atoms with E-state index in [1.807, 2.05) is 19.9 Å². The summed E-state index contributed by atoms with van der Waals surface area (Å²) in [5.74, 6) is 0.368. The van der Waals surface area contributed by atoms with Gasteiger partial charge in [0.1, 0.15) is 0 Å². The molecule has 0 aliphatic rings. The molecule has 0 radical (unpaired) electrons. The van der Waals surface area contributed by atoms with Gasteiger partial charge in [-0.2, -0.15) is 0 Å². The summed E-state index contributed by atoms with van der Waals surface area (Å²) in [7, 11) is 0. The van der Waals surface area contributed by atoms with Crippen molar-refractivity contribution in [2.75, 3.05) is 0 Å². The maximum absolute atomic E-state index is 9.21. The van der Waals surface area contributed by atoms with Crippen molar-refractivity contribution in [1.82, 2.24) is 0 Å². The molecule has 0 aliphatic heterocycles. The van der Waals surface area contributed by atoms with E-state index in [4.69, 9.17) is 0 Å². The minimum Gasteiger partial charge on any atom is -0.393 e. The molecule has 0 heterocycles. The highest BCUT2D eigenvalue weighted by Gasteiger charge is 2.08. The van der Waals surface area contributed by atoms with Gasteiger partial charge in [0.15, 0.2) is 0 Å². The summed E-state index contributed by atoms with van der Waals surface area (Å²) in [5, 5.41) is 9.21. The summed E-state index contributed by atoms with van der Waals surface area (Å²) in [5.41, 5.74) is 0. The van der Waals surface area contributed by atoms with Gasteiger partial charge in [-0.1, -0.05) is 19.9 Å². The Morgan fingerprint density at radius 2 is 2.22 bits per heavy atom. The lowest BCUT2D eigenvalue weighted by Crippen LogP contribution is -2.15. The van der Waals surface area contributed by atoms with Crippen molar-refractivity contribution >= 4 is 0 Å². The molecule has 0 aromatic rings. The van der Waals surface area contributed by atoms with E-state index in [2.05, 4.69) is 6.58 Å². The molecule has 0 bridgehead atoms. The zero-order chi connectivity index (χ0) is 7.28. The number of hydrogen-bond acceptors (Lipinski definition) is 1. The Hall–Kier alpha value is -0.300. The highest BCUT2D eigenvalue weighted by atomic mass is 16.3. The van der Waals surface area contributed by atoms with E-state index in [-0.39, 0.29) is 6.10 Å². The molecule has 0 saturated heterocycles. The fourth-order valence-electron chi connectivity index (χ4n) is 0.822. The van der Waals surface area contributed by atoms with Crippen molar-refractivity contribution in [1.29, 1.82) is 0 Å². The van der Waals surface area contributed by atoms with Crippen LogP contribution in [0, 0.1) is 5.92 Å². The van der Waals surface area contributed by atoms with Crippen LogP contribution in [0.5, 0.6) is 0 Å². The molecule has 0 spiro atoms. The molecule has 0 fully saturated rings. The lowest BCUT2D eigenvalue weighted by molar-refractivity contribution is 0.114. The molecule has 1 N–H and O–H groups in total. The first-order chi connectivity index (χ1) is 4.22. The zero-order valence-electron chi connectivity index (χ0n) is 6.30. The average molecular weight is 128 g/mol. The van der Waals surface area contributed by atoms with Crippen LogP contribution in [0.4, 0.5) is 0 Å². The largest absolute Gasteiger partial charge is 0.393 e. The third kappa shape index (κ3) is 3.31. The van der Waals surface area contributed by atoms with Gasteiger partial charge >= 0.3 is 0 Å². The molecule has 2 unspecified atom stereocenters. The fraction of sp³-hybridized carbons (Fsp3) is 0.750. The van der Waals surface area contributed by atoms with Crippen molar-refractivity contribution in [3.05, 3.63) is 12.7 Å². The smallest absolute Gasteiger partial charge is 0.0566 e. The van der Waals surface area contributed by atoms with E-state index in [1.54, 1.807) is 0 Å². The van der Waals surface area contributed by atoms with E-state index < -0.39 is 0 Å².